The van der Waals surface area contributed by atoms with Crippen LogP contribution in [0, 0.1) is 18.6 Å². The average molecular weight is 410 g/mol. The Morgan fingerprint density at radius 3 is 2.43 bits per heavy atom. The van der Waals surface area contributed by atoms with Crippen LogP contribution < -0.4 is 10.0 Å². The number of halogens is 2. The highest BCUT2D eigenvalue weighted by Crippen LogP contribution is 2.15. The van der Waals surface area contributed by atoms with Gasteiger partial charge in [0.15, 0.2) is 5.96 Å². The first-order valence-corrected chi connectivity index (χ1v) is 10.3. The van der Waals surface area contributed by atoms with Gasteiger partial charge in [-0.05, 0) is 42.3 Å². The predicted molar refractivity (Wildman–Crippen MR) is 108 cm³/mol. The second kappa shape index (κ2) is 9.50. The molecule has 2 N–H and O–H groups in total. The van der Waals surface area contributed by atoms with Crippen LogP contribution in [0.25, 0.3) is 0 Å². The lowest BCUT2D eigenvalue weighted by Gasteiger charge is -2.22. The van der Waals surface area contributed by atoms with E-state index in [2.05, 4.69) is 15.0 Å². The molecule has 0 heterocycles. The molecule has 0 bridgehead atoms. The van der Waals surface area contributed by atoms with Crippen molar-refractivity contribution < 1.29 is 17.2 Å². The maximum Gasteiger partial charge on any atom is 0.234 e. The molecule has 0 spiro atoms. The Hall–Kier alpha value is -2.68. The van der Waals surface area contributed by atoms with Gasteiger partial charge in [-0.15, -0.1) is 0 Å². The smallest absolute Gasteiger partial charge is 0.234 e. The largest absolute Gasteiger partial charge is 0.355 e. The fourth-order valence-electron chi connectivity index (χ4n) is 2.51. The van der Waals surface area contributed by atoms with E-state index in [1.54, 1.807) is 38.1 Å². The molecule has 0 saturated heterocycles. The highest BCUT2D eigenvalue weighted by molar-refractivity contribution is 7.92. The normalized spacial score (nSPS) is 12.0. The SMILES string of the molecule is CN=C(NCCS(=O)(=O)Nc1ccc(C)c(F)c1)N(C)Cc1ccc(F)cc1. The summed E-state index contributed by atoms with van der Waals surface area (Å²) in [6.45, 7) is 2.20. The van der Waals surface area contributed by atoms with Crippen LogP contribution >= 0.6 is 0 Å². The zero-order valence-electron chi connectivity index (χ0n) is 16.0. The molecule has 0 fully saturated rings. The van der Waals surface area contributed by atoms with Gasteiger partial charge in [0.05, 0.1) is 11.4 Å². The molecule has 0 unspecified atom stereocenters. The molecule has 9 heteroatoms. The van der Waals surface area contributed by atoms with Gasteiger partial charge >= 0.3 is 0 Å². The third-order valence-electron chi connectivity index (χ3n) is 4.01. The Morgan fingerprint density at radius 1 is 1.14 bits per heavy atom. The van der Waals surface area contributed by atoms with Gasteiger partial charge in [-0.3, -0.25) is 9.71 Å². The van der Waals surface area contributed by atoms with E-state index >= 15 is 0 Å². The fraction of sp³-hybridized carbons (Fsp3) is 0.316. The highest BCUT2D eigenvalue weighted by atomic mass is 32.2. The molecule has 0 aliphatic heterocycles. The minimum atomic E-state index is -3.65. The first kappa shape index (κ1) is 21.6. The van der Waals surface area contributed by atoms with Crippen molar-refractivity contribution in [2.45, 2.75) is 13.5 Å². The fourth-order valence-corrected chi connectivity index (χ4v) is 3.47. The van der Waals surface area contributed by atoms with Gasteiger partial charge in [0.1, 0.15) is 11.6 Å². The number of nitrogens with zero attached hydrogens (tertiary/aromatic N) is 2. The van der Waals surface area contributed by atoms with Gasteiger partial charge in [0, 0.05) is 27.2 Å². The topological polar surface area (TPSA) is 73.8 Å². The lowest BCUT2D eigenvalue weighted by molar-refractivity contribution is 0.478. The number of hydrogen-bond acceptors (Lipinski definition) is 3. The second-order valence-corrected chi connectivity index (χ2v) is 8.18. The number of hydrogen-bond donors (Lipinski definition) is 2. The monoisotopic (exact) mass is 410 g/mol. The lowest BCUT2D eigenvalue weighted by Crippen LogP contribution is -2.41. The minimum absolute atomic E-state index is 0.115. The minimum Gasteiger partial charge on any atom is -0.355 e. The molecule has 0 radical (unpaired) electrons. The number of anilines is 1. The van der Waals surface area contributed by atoms with Crippen molar-refractivity contribution in [1.82, 2.24) is 10.2 Å². The molecular formula is C19H24F2N4O2S. The van der Waals surface area contributed by atoms with E-state index in [1.807, 2.05) is 0 Å². The van der Waals surface area contributed by atoms with Gasteiger partial charge in [-0.2, -0.15) is 0 Å². The number of benzene rings is 2. The van der Waals surface area contributed by atoms with Crippen LogP contribution in [-0.2, 0) is 16.6 Å². The van der Waals surface area contributed by atoms with Crippen LogP contribution in [0.2, 0.25) is 0 Å². The Bertz CT molecular complexity index is 931. The number of rotatable bonds is 7. The maximum absolute atomic E-state index is 13.6. The molecule has 0 aromatic heterocycles. The third kappa shape index (κ3) is 6.49. The summed E-state index contributed by atoms with van der Waals surface area (Å²) in [6.07, 6.45) is 0. The molecule has 28 heavy (non-hydrogen) atoms. The van der Waals surface area contributed by atoms with Gasteiger partial charge in [0.2, 0.25) is 10.0 Å². The van der Waals surface area contributed by atoms with Crippen LogP contribution in [0.1, 0.15) is 11.1 Å². The van der Waals surface area contributed by atoms with Gasteiger partial charge in [-0.25, -0.2) is 17.2 Å². The van der Waals surface area contributed by atoms with Crippen LogP contribution in [0.5, 0.6) is 0 Å². The van der Waals surface area contributed by atoms with E-state index in [0.717, 1.165) is 11.6 Å². The summed E-state index contributed by atoms with van der Waals surface area (Å²) in [7, 11) is -0.271. The number of aliphatic imine (C=N–C) groups is 1. The summed E-state index contributed by atoms with van der Waals surface area (Å²) >= 11 is 0. The Balaban J connectivity index is 1.88. The van der Waals surface area contributed by atoms with Crippen LogP contribution in [0.15, 0.2) is 47.5 Å². The summed E-state index contributed by atoms with van der Waals surface area (Å²) in [5.41, 5.74) is 1.51. The quantitative estimate of drug-likeness (QED) is 0.544. The number of guanidine groups is 1. The van der Waals surface area contributed by atoms with Crippen LogP contribution in [0.3, 0.4) is 0 Å². The summed E-state index contributed by atoms with van der Waals surface area (Å²) in [6, 6.07) is 10.3. The van der Waals surface area contributed by atoms with E-state index in [1.165, 1.54) is 24.3 Å². The molecule has 152 valence electrons. The maximum atomic E-state index is 13.6. The molecule has 0 aliphatic rings. The lowest BCUT2D eigenvalue weighted by atomic mass is 10.2. The van der Waals surface area contributed by atoms with Crippen molar-refractivity contribution >= 4 is 21.7 Å². The first-order valence-electron chi connectivity index (χ1n) is 8.63. The van der Waals surface area contributed by atoms with Crippen molar-refractivity contribution in [3.8, 4) is 0 Å². The highest BCUT2D eigenvalue weighted by Gasteiger charge is 2.13. The molecule has 6 nitrogen and oxygen atoms in total. The Kier molecular flexibility index (Phi) is 7.33. The van der Waals surface area contributed by atoms with Gasteiger partial charge < -0.3 is 10.2 Å². The third-order valence-corrected chi connectivity index (χ3v) is 5.29. The average Bonchev–Trinajstić information content (AvgIpc) is 2.63. The van der Waals surface area contributed by atoms with E-state index in [-0.39, 0.29) is 23.8 Å². The number of aryl methyl sites for hydroxylation is 1. The zero-order chi connectivity index (χ0) is 20.7. The first-order chi connectivity index (χ1) is 13.2. The van der Waals surface area contributed by atoms with Crippen LogP contribution in [-0.4, -0.2) is 45.7 Å². The van der Waals surface area contributed by atoms with Crippen molar-refractivity contribution in [2.75, 3.05) is 31.1 Å². The van der Waals surface area contributed by atoms with Crippen molar-refractivity contribution in [1.29, 1.82) is 0 Å². The number of sulfonamides is 1. The zero-order valence-corrected chi connectivity index (χ0v) is 16.9. The molecule has 2 aromatic carbocycles. The summed E-state index contributed by atoms with van der Waals surface area (Å²) in [5.74, 6) is -0.492. The van der Waals surface area contributed by atoms with E-state index in [0.29, 0.717) is 18.1 Å². The van der Waals surface area contributed by atoms with E-state index < -0.39 is 15.8 Å². The number of nitrogens with one attached hydrogen (secondary N) is 2. The molecular weight excluding hydrogens is 386 g/mol. The van der Waals surface area contributed by atoms with E-state index in [4.69, 9.17) is 0 Å². The molecule has 0 aliphatic carbocycles. The summed E-state index contributed by atoms with van der Waals surface area (Å²) in [5, 5.41) is 2.97. The summed E-state index contributed by atoms with van der Waals surface area (Å²) in [4.78, 5) is 5.91. The molecule has 0 atom stereocenters. The van der Waals surface area contributed by atoms with Gasteiger partial charge in [0.25, 0.3) is 0 Å². The van der Waals surface area contributed by atoms with Crippen molar-refractivity contribution in [2.24, 2.45) is 4.99 Å². The van der Waals surface area contributed by atoms with Crippen molar-refractivity contribution in [3.63, 3.8) is 0 Å². The second-order valence-electron chi connectivity index (χ2n) is 6.34. The van der Waals surface area contributed by atoms with Gasteiger partial charge in [-0.1, -0.05) is 18.2 Å². The predicted octanol–water partition coefficient (Wildman–Crippen LogP) is 2.72. The Labute approximate surface area is 164 Å². The summed E-state index contributed by atoms with van der Waals surface area (Å²) < 4.78 is 53.3. The molecule has 0 saturated carbocycles. The molecule has 0 amide bonds. The van der Waals surface area contributed by atoms with E-state index in [9.17, 15) is 17.2 Å². The standard InChI is InChI=1S/C19H24F2N4O2S/c1-14-4-9-17(12-18(14)21)24-28(26,27)11-10-23-19(22-2)25(3)13-15-5-7-16(20)8-6-15/h4-9,12,24H,10-11,13H2,1-3H3,(H,22,23). The molecule has 2 aromatic rings. The van der Waals surface area contributed by atoms with Crippen molar-refractivity contribution in [3.05, 3.63) is 65.2 Å². The molecule has 2 rings (SSSR count). The Morgan fingerprint density at radius 2 is 1.82 bits per heavy atom. The van der Waals surface area contributed by atoms with Crippen LogP contribution in [0.4, 0.5) is 14.5 Å².